The van der Waals surface area contributed by atoms with Gasteiger partial charge in [0, 0.05) is 23.4 Å². The summed E-state index contributed by atoms with van der Waals surface area (Å²) in [5.74, 6) is 7.49. The molecule has 0 spiro atoms. The average Bonchev–Trinajstić information content (AvgIpc) is 2.65. The molecule has 0 radical (unpaired) electrons. The zero-order valence-corrected chi connectivity index (χ0v) is 9.70. The van der Waals surface area contributed by atoms with E-state index in [4.69, 9.17) is 10.9 Å². The van der Waals surface area contributed by atoms with Gasteiger partial charge in [-0.25, -0.2) is 10.8 Å². The molecule has 80 valence electrons. The minimum Gasteiger partial charge on any atom is -0.396 e. The van der Waals surface area contributed by atoms with Crippen molar-refractivity contribution in [3.05, 3.63) is 11.1 Å². The molecule has 0 fully saturated rings. The van der Waals surface area contributed by atoms with Gasteiger partial charge < -0.3 is 5.11 Å². The van der Waals surface area contributed by atoms with Crippen molar-refractivity contribution in [2.45, 2.75) is 12.7 Å². The second kappa shape index (κ2) is 6.23. The van der Waals surface area contributed by atoms with Crippen molar-refractivity contribution in [2.24, 2.45) is 11.8 Å². The number of hydrogen-bond donors (Lipinski definition) is 3. The molecular formula is C8H15N3OS2. The van der Waals surface area contributed by atoms with Crippen molar-refractivity contribution < 1.29 is 5.11 Å². The van der Waals surface area contributed by atoms with Gasteiger partial charge in [-0.1, -0.05) is 6.92 Å². The molecule has 6 heteroatoms. The van der Waals surface area contributed by atoms with Crippen LogP contribution in [0, 0.1) is 5.92 Å². The van der Waals surface area contributed by atoms with Crippen molar-refractivity contribution in [2.75, 3.05) is 17.8 Å². The fraction of sp³-hybridized carbons (Fsp3) is 0.625. The number of anilines is 1. The number of nitrogens with one attached hydrogen (secondary N) is 1. The number of aromatic nitrogens is 1. The number of aliphatic hydroxyl groups excluding tert-OH is 1. The van der Waals surface area contributed by atoms with E-state index in [2.05, 4.69) is 10.4 Å². The number of hydrazine groups is 1. The van der Waals surface area contributed by atoms with Crippen molar-refractivity contribution in [3.63, 3.8) is 0 Å². The molecule has 1 heterocycles. The number of aliphatic hydroxyl groups is 1. The molecule has 14 heavy (non-hydrogen) atoms. The highest BCUT2D eigenvalue weighted by atomic mass is 32.2. The average molecular weight is 233 g/mol. The summed E-state index contributed by atoms with van der Waals surface area (Å²) in [4.78, 5) is 5.27. The summed E-state index contributed by atoms with van der Waals surface area (Å²) in [6.45, 7) is 2.29. The smallest absolute Gasteiger partial charge is 0.197 e. The standard InChI is InChI=1S/C8H15N3OS2/c1-6(3-12)4-13-5-7-2-10-8(11-9)14-7/h2,6,12H,3-5,9H2,1H3,(H,10,11). The number of thioether (sulfide) groups is 1. The Morgan fingerprint density at radius 1 is 1.79 bits per heavy atom. The lowest BCUT2D eigenvalue weighted by atomic mass is 10.2. The lowest BCUT2D eigenvalue weighted by Crippen LogP contribution is -2.05. The topological polar surface area (TPSA) is 71.2 Å². The Bertz CT molecular complexity index is 267. The second-order valence-corrected chi connectivity index (χ2v) is 5.22. The van der Waals surface area contributed by atoms with Gasteiger partial charge >= 0.3 is 0 Å². The van der Waals surface area contributed by atoms with Crippen molar-refractivity contribution in [3.8, 4) is 0 Å². The molecule has 1 aromatic rings. The SMILES string of the molecule is CC(CO)CSCc1cnc(NN)s1. The lowest BCUT2D eigenvalue weighted by Gasteiger charge is -2.05. The zero-order valence-electron chi connectivity index (χ0n) is 8.06. The van der Waals surface area contributed by atoms with E-state index >= 15 is 0 Å². The van der Waals surface area contributed by atoms with Gasteiger partial charge in [0.1, 0.15) is 0 Å². The highest BCUT2D eigenvalue weighted by Gasteiger charge is 2.03. The number of nitrogens with zero attached hydrogens (tertiary/aromatic N) is 1. The maximum atomic E-state index is 8.82. The van der Waals surface area contributed by atoms with E-state index in [9.17, 15) is 0 Å². The van der Waals surface area contributed by atoms with Crippen LogP contribution >= 0.6 is 23.1 Å². The Labute approximate surface area is 91.9 Å². The Kier molecular flexibility index (Phi) is 5.24. The second-order valence-electron chi connectivity index (χ2n) is 3.08. The first kappa shape index (κ1) is 11.8. The van der Waals surface area contributed by atoms with Gasteiger partial charge in [0.05, 0.1) is 0 Å². The van der Waals surface area contributed by atoms with Gasteiger partial charge in [-0.15, -0.1) is 11.3 Å². The molecule has 0 aliphatic heterocycles. The van der Waals surface area contributed by atoms with Crippen LogP contribution in [0.25, 0.3) is 0 Å². The van der Waals surface area contributed by atoms with E-state index in [0.717, 1.165) is 16.6 Å². The maximum Gasteiger partial charge on any atom is 0.197 e. The van der Waals surface area contributed by atoms with Crippen LogP contribution in [0.4, 0.5) is 5.13 Å². The number of nitrogen functional groups attached to an aromatic ring is 1. The third kappa shape index (κ3) is 3.83. The number of nitrogens with two attached hydrogens (primary N) is 1. The maximum absolute atomic E-state index is 8.82. The molecule has 0 bridgehead atoms. The van der Waals surface area contributed by atoms with Crippen LogP contribution in [0.5, 0.6) is 0 Å². The van der Waals surface area contributed by atoms with Gasteiger partial charge in [-0.05, 0) is 11.7 Å². The van der Waals surface area contributed by atoms with Crippen LogP contribution in [0.2, 0.25) is 0 Å². The molecule has 0 saturated carbocycles. The van der Waals surface area contributed by atoms with E-state index in [1.807, 2.05) is 13.1 Å². The van der Waals surface area contributed by atoms with Crippen LogP contribution < -0.4 is 11.3 Å². The molecule has 1 aromatic heterocycles. The van der Waals surface area contributed by atoms with Crippen LogP contribution in [0.3, 0.4) is 0 Å². The number of rotatable bonds is 6. The summed E-state index contributed by atoms with van der Waals surface area (Å²) >= 11 is 3.37. The van der Waals surface area contributed by atoms with Crippen LogP contribution in [-0.2, 0) is 5.75 Å². The first-order valence-corrected chi connectivity index (χ1v) is 6.33. The summed E-state index contributed by atoms with van der Waals surface area (Å²) in [6, 6.07) is 0. The molecule has 1 atom stereocenters. The van der Waals surface area contributed by atoms with E-state index in [1.54, 1.807) is 23.1 Å². The molecule has 0 aliphatic carbocycles. The minimum absolute atomic E-state index is 0.255. The lowest BCUT2D eigenvalue weighted by molar-refractivity contribution is 0.250. The Balaban J connectivity index is 2.24. The van der Waals surface area contributed by atoms with E-state index in [1.165, 1.54) is 4.88 Å². The first-order chi connectivity index (χ1) is 6.76. The molecule has 1 rings (SSSR count). The summed E-state index contributed by atoms with van der Waals surface area (Å²) in [5, 5.41) is 9.57. The number of thiazole rings is 1. The van der Waals surface area contributed by atoms with E-state index in [-0.39, 0.29) is 6.61 Å². The van der Waals surface area contributed by atoms with Gasteiger partial charge in [-0.2, -0.15) is 11.8 Å². The summed E-state index contributed by atoms with van der Waals surface area (Å²) in [6.07, 6.45) is 1.83. The quantitative estimate of drug-likeness (QED) is 0.510. The van der Waals surface area contributed by atoms with Gasteiger partial charge in [0.2, 0.25) is 0 Å². The fourth-order valence-electron chi connectivity index (χ4n) is 0.854. The van der Waals surface area contributed by atoms with E-state index < -0.39 is 0 Å². The molecule has 4 N–H and O–H groups in total. The molecule has 0 aromatic carbocycles. The summed E-state index contributed by atoms with van der Waals surface area (Å²) in [5.41, 5.74) is 2.52. The minimum atomic E-state index is 0.255. The monoisotopic (exact) mass is 233 g/mol. The normalized spacial score (nSPS) is 12.8. The largest absolute Gasteiger partial charge is 0.396 e. The summed E-state index contributed by atoms with van der Waals surface area (Å²) < 4.78 is 0. The highest BCUT2D eigenvalue weighted by Crippen LogP contribution is 2.22. The third-order valence-corrected chi connectivity index (χ3v) is 4.07. The van der Waals surface area contributed by atoms with Crippen LogP contribution in [-0.4, -0.2) is 22.5 Å². The van der Waals surface area contributed by atoms with Gasteiger partial charge in [0.25, 0.3) is 0 Å². The summed E-state index contributed by atoms with van der Waals surface area (Å²) in [7, 11) is 0. The predicted octanol–water partition coefficient (Wildman–Crippen LogP) is 1.29. The molecule has 1 unspecified atom stereocenters. The molecule has 0 aliphatic rings. The van der Waals surface area contributed by atoms with E-state index in [0.29, 0.717) is 5.92 Å². The zero-order chi connectivity index (χ0) is 10.4. The van der Waals surface area contributed by atoms with Gasteiger partial charge in [-0.3, -0.25) is 5.43 Å². The van der Waals surface area contributed by atoms with Gasteiger partial charge in [0.15, 0.2) is 5.13 Å². The Morgan fingerprint density at radius 3 is 3.14 bits per heavy atom. The van der Waals surface area contributed by atoms with Crippen LogP contribution in [0.15, 0.2) is 6.20 Å². The first-order valence-electron chi connectivity index (χ1n) is 4.36. The predicted molar refractivity (Wildman–Crippen MR) is 62.3 cm³/mol. The fourth-order valence-corrected chi connectivity index (χ4v) is 2.76. The molecule has 0 saturated heterocycles. The van der Waals surface area contributed by atoms with Crippen LogP contribution in [0.1, 0.15) is 11.8 Å². The van der Waals surface area contributed by atoms with Crippen molar-refractivity contribution in [1.82, 2.24) is 4.98 Å². The Hall–Kier alpha value is -0.300. The van der Waals surface area contributed by atoms with Crippen molar-refractivity contribution >= 4 is 28.2 Å². The highest BCUT2D eigenvalue weighted by molar-refractivity contribution is 7.98. The molecule has 4 nitrogen and oxygen atoms in total. The number of hydrogen-bond acceptors (Lipinski definition) is 6. The third-order valence-electron chi connectivity index (χ3n) is 1.64. The molecular weight excluding hydrogens is 218 g/mol. The molecule has 0 amide bonds. The Morgan fingerprint density at radius 2 is 2.57 bits per heavy atom. The van der Waals surface area contributed by atoms with Crippen molar-refractivity contribution in [1.29, 1.82) is 0 Å².